The molecule has 1 fully saturated rings. The SMILES string of the molecule is CC(N)CCC(=O)NC1CC(C)(C)CC(C)(C)C1. The summed E-state index contributed by atoms with van der Waals surface area (Å²) in [5.41, 5.74) is 6.32. The van der Waals surface area contributed by atoms with E-state index in [0.29, 0.717) is 23.3 Å². The van der Waals surface area contributed by atoms with E-state index < -0.39 is 0 Å². The smallest absolute Gasteiger partial charge is 0.220 e. The molecule has 1 aliphatic rings. The first-order chi connectivity index (χ1) is 8.10. The second kappa shape index (κ2) is 5.60. The fourth-order valence-electron chi connectivity index (χ4n) is 3.61. The summed E-state index contributed by atoms with van der Waals surface area (Å²) in [5.74, 6) is 0.158. The van der Waals surface area contributed by atoms with Gasteiger partial charge in [0.2, 0.25) is 5.91 Å². The van der Waals surface area contributed by atoms with Gasteiger partial charge in [0.05, 0.1) is 0 Å². The summed E-state index contributed by atoms with van der Waals surface area (Å²) in [5, 5.41) is 3.19. The topological polar surface area (TPSA) is 55.1 Å². The Labute approximate surface area is 112 Å². The van der Waals surface area contributed by atoms with Gasteiger partial charge in [-0.25, -0.2) is 0 Å². The lowest BCUT2D eigenvalue weighted by Gasteiger charge is -2.45. The molecule has 3 N–H and O–H groups in total. The van der Waals surface area contributed by atoms with E-state index in [9.17, 15) is 4.79 Å². The van der Waals surface area contributed by atoms with Crippen LogP contribution in [0.5, 0.6) is 0 Å². The summed E-state index contributed by atoms with van der Waals surface area (Å²) in [4.78, 5) is 11.9. The minimum absolute atomic E-state index is 0.106. The van der Waals surface area contributed by atoms with Gasteiger partial charge >= 0.3 is 0 Å². The standard InChI is InChI=1S/C15H30N2O/c1-11(16)6-7-13(18)17-12-8-14(2,3)10-15(4,5)9-12/h11-12H,6-10,16H2,1-5H3,(H,17,18). The Morgan fingerprint density at radius 1 is 1.28 bits per heavy atom. The number of nitrogens with one attached hydrogen (secondary N) is 1. The molecule has 0 bridgehead atoms. The van der Waals surface area contributed by atoms with Gasteiger partial charge in [0.15, 0.2) is 0 Å². The van der Waals surface area contributed by atoms with Crippen molar-refractivity contribution in [3.8, 4) is 0 Å². The number of nitrogens with two attached hydrogens (primary N) is 1. The van der Waals surface area contributed by atoms with Crippen molar-refractivity contribution < 1.29 is 4.79 Å². The summed E-state index contributed by atoms with van der Waals surface area (Å²) in [6, 6.07) is 0.430. The van der Waals surface area contributed by atoms with Gasteiger partial charge in [0, 0.05) is 18.5 Å². The molecule has 0 aromatic heterocycles. The Bertz CT molecular complexity index is 279. The van der Waals surface area contributed by atoms with Crippen LogP contribution in [-0.2, 0) is 4.79 Å². The summed E-state index contributed by atoms with van der Waals surface area (Å²) in [7, 11) is 0. The fraction of sp³-hybridized carbons (Fsp3) is 0.933. The quantitative estimate of drug-likeness (QED) is 0.810. The highest BCUT2D eigenvalue weighted by molar-refractivity contribution is 5.76. The molecule has 1 amide bonds. The molecular weight excluding hydrogens is 224 g/mol. The van der Waals surface area contributed by atoms with Gasteiger partial charge in [-0.05, 0) is 43.4 Å². The molecule has 3 nitrogen and oxygen atoms in total. The number of carbonyl (C=O) groups excluding carboxylic acids is 1. The Balaban J connectivity index is 2.49. The molecule has 0 spiro atoms. The first-order valence-corrected chi connectivity index (χ1v) is 7.15. The molecular formula is C15H30N2O. The zero-order chi connectivity index (χ0) is 14.0. The number of hydrogen-bond acceptors (Lipinski definition) is 2. The van der Waals surface area contributed by atoms with Crippen LogP contribution in [0.15, 0.2) is 0 Å². The summed E-state index contributed by atoms with van der Waals surface area (Å²) >= 11 is 0. The minimum Gasteiger partial charge on any atom is -0.353 e. The lowest BCUT2D eigenvalue weighted by atomic mass is 9.63. The predicted octanol–water partition coefficient (Wildman–Crippen LogP) is 2.83. The average Bonchev–Trinajstić information content (AvgIpc) is 2.09. The third-order valence-electron chi connectivity index (χ3n) is 3.75. The van der Waals surface area contributed by atoms with Gasteiger partial charge in [-0.2, -0.15) is 0 Å². The van der Waals surface area contributed by atoms with Crippen molar-refractivity contribution in [1.29, 1.82) is 0 Å². The Morgan fingerprint density at radius 3 is 2.22 bits per heavy atom. The summed E-state index contributed by atoms with van der Waals surface area (Å²) < 4.78 is 0. The van der Waals surface area contributed by atoms with Crippen molar-refractivity contribution in [2.24, 2.45) is 16.6 Å². The molecule has 3 heteroatoms. The first-order valence-electron chi connectivity index (χ1n) is 7.15. The van der Waals surface area contributed by atoms with Crippen LogP contribution in [0.3, 0.4) is 0 Å². The second-order valence-corrected chi connectivity index (χ2v) is 7.69. The molecule has 0 aromatic carbocycles. The molecule has 0 heterocycles. The Hall–Kier alpha value is -0.570. The highest BCUT2D eigenvalue weighted by Crippen LogP contribution is 2.45. The number of hydrogen-bond donors (Lipinski definition) is 2. The van der Waals surface area contributed by atoms with E-state index >= 15 is 0 Å². The van der Waals surface area contributed by atoms with Crippen LogP contribution in [0.4, 0.5) is 0 Å². The van der Waals surface area contributed by atoms with Crippen LogP contribution in [0.25, 0.3) is 0 Å². The van der Waals surface area contributed by atoms with Crippen molar-refractivity contribution >= 4 is 5.91 Å². The molecule has 0 radical (unpaired) electrons. The molecule has 0 aliphatic heterocycles. The van der Waals surface area contributed by atoms with Crippen LogP contribution in [0.2, 0.25) is 0 Å². The monoisotopic (exact) mass is 254 g/mol. The van der Waals surface area contributed by atoms with Crippen molar-refractivity contribution in [3.63, 3.8) is 0 Å². The van der Waals surface area contributed by atoms with Gasteiger partial charge in [-0.3, -0.25) is 4.79 Å². The van der Waals surface area contributed by atoms with E-state index in [-0.39, 0.29) is 11.9 Å². The van der Waals surface area contributed by atoms with Crippen LogP contribution in [0, 0.1) is 10.8 Å². The van der Waals surface area contributed by atoms with Gasteiger partial charge in [-0.1, -0.05) is 27.7 Å². The van der Waals surface area contributed by atoms with E-state index in [4.69, 9.17) is 5.73 Å². The van der Waals surface area contributed by atoms with Gasteiger partial charge in [0.25, 0.3) is 0 Å². The summed E-state index contributed by atoms with van der Waals surface area (Å²) in [6.45, 7) is 11.1. The zero-order valence-electron chi connectivity index (χ0n) is 12.7. The fourth-order valence-corrected chi connectivity index (χ4v) is 3.61. The molecule has 1 atom stereocenters. The normalized spacial score (nSPS) is 24.6. The highest BCUT2D eigenvalue weighted by atomic mass is 16.1. The third kappa shape index (κ3) is 5.38. The zero-order valence-corrected chi connectivity index (χ0v) is 12.7. The van der Waals surface area contributed by atoms with Crippen molar-refractivity contribution in [2.75, 3.05) is 0 Å². The lowest BCUT2D eigenvalue weighted by molar-refractivity contribution is -0.122. The summed E-state index contributed by atoms with van der Waals surface area (Å²) in [6.07, 6.45) is 4.72. The van der Waals surface area contributed by atoms with E-state index in [1.165, 1.54) is 6.42 Å². The number of rotatable bonds is 4. The van der Waals surface area contributed by atoms with Crippen LogP contribution in [0.1, 0.15) is 66.7 Å². The molecule has 18 heavy (non-hydrogen) atoms. The van der Waals surface area contributed by atoms with Crippen molar-refractivity contribution in [1.82, 2.24) is 5.32 Å². The average molecular weight is 254 g/mol. The predicted molar refractivity (Wildman–Crippen MR) is 76.2 cm³/mol. The maximum atomic E-state index is 11.9. The molecule has 1 aliphatic carbocycles. The molecule has 0 saturated heterocycles. The number of carbonyl (C=O) groups is 1. The molecule has 1 rings (SSSR count). The van der Waals surface area contributed by atoms with E-state index in [2.05, 4.69) is 33.0 Å². The molecule has 1 unspecified atom stereocenters. The van der Waals surface area contributed by atoms with E-state index in [1.54, 1.807) is 0 Å². The van der Waals surface area contributed by atoms with Crippen molar-refractivity contribution in [2.45, 2.75) is 78.8 Å². The molecule has 1 saturated carbocycles. The van der Waals surface area contributed by atoms with Gasteiger partial charge in [0.1, 0.15) is 0 Å². The second-order valence-electron chi connectivity index (χ2n) is 7.69. The Morgan fingerprint density at radius 2 is 1.78 bits per heavy atom. The molecule has 106 valence electrons. The van der Waals surface area contributed by atoms with Crippen LogP contribution in [-0.4, -0.2) is 18.0 Å². The third-order valence-corrected chi connectivity index (χ3v) is 3.75. The Kier molecular flexibility index (Phi) is 4.82. The van der Waals surface area contributed by atoms with Gasteiger partial charge < -0.3 is 11.1 Å². The highest BCUT2D eigenvalue weighted by Gasteiger charge is 2.38. The minimum atomic E-state index is 0.106. The van der Waals surface area contributed by atoms with Crippen LogP contribution >= 0.6 is 0 Å². The van der Waals surface area contributed by atoms with E-state index in [1.807, 2.05) is 6.92 Å². The van der Waals surface area contributed by atoms with Gasteiger partial charge in [-0.15, -0.1) is 0 Å². The maximum absolute atomic E-state index is 11.9. The maximum Gasteiger partial charge on any atom is 0.220 e. The van der Waals surface area contributed by atoms with Crippen molar-refractivity contribution in [3.05, 3.63) is 0 Å². The lowest BCUT2D eigenvalue weighted by Crippen LogP contribution is -2.46. The van der Waals surface area contributed by atoms with Crippen LogP contribution < -0.4 is 11.1 Å². The van der Waals surface area contributed by atoms with E-state index in [0.717, 1.165) is 19.3 Å². The largest absolute Gasteiger partial charge is 0.353 e. The first kappa shape index (κ1) is 15.5. The molecule has 0 aromatic rings. The number of amides is 1.